The second-order valence-corrected chi connectivity index (χ2v) is 2.98. The lowest BCUT2D eigenvalue weighted by Crippen LogP contribution is -1.97. The van der Waals surface area contributed by atoms with E-state index in [9.17, 15) is 4.39 Å². The molecule has 0 unspecified atom stereocenters. The molecule has 0 aliphatic rings. The Kier molecular flexibility index (Phi) is 3.49. The van der Waals surface area contributed by atoms with E-state index in [1.54, 1.807) is 19.1 Å². The smallest absolute Gasteiger partial charge is 0.143 e. The normalized spacial score (nSPS) is 9.36. The molecular weight excluding hydrogens is 179 g/mol. The summed E-state index contributed by atoms with van der Waals surface area (Å²) in [5, 5.41) is 0. The van der Waals surface area contributed by atoms with Crippen molar-refractivity contribution in [1.82, 2.24) is 0 Å². The van der Waals surface area contributed by atoms with Crippen LogP contribution in [-0.4, -0.2) is 6.54 Å². The molecule has 0 bridgehead atoms. The zero-order valence-corrected chi connectivity index (χ0v) is 8.10. The Labute approximate surface area is 83.1 Å². The van der Waals surface area contributed by atoms with Crippen LogP contribution in [0.2, 0.25) is 0 Å². The van der Waals surface area contributed by atoms with Gasteiger partial charge in [-0.3, -0.25) is 0 Å². The van der Waals surface area contributed by atoms with Gasteiger partial charge in [0.2, 0.25) is 0 Å². The molecule has 0 atom stereocenters. The molecule has 0 fully saturated rings. The van der Waals surface area contributed by atoms with Gasteiger partial charge in [0.1, 0.15) is 5.82 Å². The van der Waals surface area contributed by atoms with E-state index in [4.69, 9.17) is 11.5 Å². The second kappa shape index (κ2) is 4.64. The maximum atomic E-state index is 13.5. The van der Waals surface area contributed by atoms with E-state index in [2.05, 4.69) is 11.8 Å². The summed E-state index contributed by atoms with van der Waals surface area (Å²) in [7, 11) is 0. The molecular formula is C11H13FN2. The van der Waals surface area contributed by atoms with Crippen molar-refractivity contribution >= 4 is 5.69 Å². The van der Waals surface area contributed by atoms with E-state index in [0.717, 1.165) is 0 Å². The number of hydrogen-bond donors (Lipinski definition) is 2. The average Bonchev–Trinajstić information content (AvgIpc) is 2.18. The molecule has 0 heterocycles. The Morgan fingerprint density at radius 3 is 2.79 bits per heavy atom. The highest BCUT2D eigenvalue weighted by Crippen LogP contribution is 2.17. The van der Waals surface area contributed by atoms with Crippen molar-refractivity contribution in [3.05, 3.63) is 29.1 Å². The monoisotopic (exact) mass is 192 g/mol. The van der Waals surface area contributed by atoms with Crippen molar-refractivity contribution in [2.24, 2.45) is 5.73 Å². The number of benzene rings is 1. The number of anilines is 1. The highest BCUT2D eigenvalue weighted by Gasteiger charge is 2.05. The van der Waals surface area contributed by atoms with Crippen molar-refractivity contribution in [1.29, 1.82) is 0 Å². The number of rotatable bonds is 1. The predicted molar refractivity (Wildman–Crippen MR) is 56.1 cm³/mol. The second-order valence-electron chi connectivity index (χ2n) is 2.98. The van der Waals surface area contributed by atoms with E-state index in [1.165, 1.54) is 0 Å². The third kappa shape index (κ3) is 2.24. The van der Waals surface area contributed by atoms with Crippen LogP contribution >= 0.6 is 0 Å². The lowest BCUT2D eigenvalue weighted by Gasteiger charge is -2.02. The van der Waals surface area contributed by atoms with Gasteiger partial charge in [-0.05, 0) is 19.1 Å². The Balaban J connectivity index is 3.02. The molecule has 14 heavy (non-hydrogen) atoms. The fourth-order valence-electron chi connectivity index (χ4n) is 1.03. The van der Waals surface area contributed by atoms with Gasteiger partial charge in [0.25, 0.3) is 0 Å². The quantitative estimate of drug-likeness (QED) is 0.522. The van der Waals surface area contributed by atoms with Gasteiger partial charge in [-0.1, -0.05) is 11.8 Å². The van der Waals surface area contributed by atoms with Gasteiger partial charge in [-0.25, -0.2) is 4.39 Å². The first-order chi connectivity index (χ1) is 6.66. The van der Waals surface area contributed by atoms with Gasteiger partial charge in [-0.15, -0.1) is 0 Å². The maximum Gasteiger partial charge on any atom is 0.143 e. The van der Waals surface area contributed by atoms with Crippen molar-refractivity contribution < 1.29 is 4.39 Å². The summed E-state index contributed by atoms with van der Waals surface area (Å²) in [6.07, 6.45) is 0.572. The molecule has 74 valence electrons. The number of nitrogens with two attached hydrogens (primary N) is 2. The minimum Gasteiger partial charge on any atom is -0.398 e. The van der Waals surface area contributed by atoms with Crippen LogP contribution in [0.25, 0.3) is 0 Å². The van der Waals surface area contributed by atoms with Crippen LogP contribution in [0.4, 0.5) is 10.1 Å². The standard InChI is InChI=1S/C11H13FN2/c1-8-10(14)6-5-9(11(8)12)4-2-3-7-13/h5-6H,3,7,13-14H2,1H3. The minimum absolute atomic E-state index is 0.338. The van der Waals surface area contributed by atoms with Crippen molar-refractivity contribution in [3.63, 3.8) is 0 Å². The Morgan fingerprint density at radius 1 is 1.43 bits per heavy atom. The van der Waals surface area contributed by atoms with E-state index < -0.39 is 0 Å². The summed E-state index contributed by atoms with van der Waals surface area (Å²) in [6, 6.07) is 3.24. The third-order valence-corrected chi connectivity index (χ3v) is 1.92. The Bertz CT molecular complexity index is 388. The Morgan fingerprint density at radius 2 is 2.14 bits per heavy atom. The summed E-state index contributed by atoms with van der Waals surface area (Å²) < 4.78 is 13.5. The summed E-state index contributed by atoms with van der Waals surface area (Å²) >= 11 is 0. The van der Waals surface area contributed by atoms with Crippen molar-refractivity contribution in [3.8, 4) is 11.8 Å². The van der Waals surface area contributed by atoms with Gasteiger partial charge >= 0.3 is 0 Å². The van der Waals surface area contributed by atoms with Crippen LogP contribution in [0, 0.1) is 24.6 Å². The minimum atomic E-state index is -0.338. The van der Waals surface area contributed by atoms with E-state index in [-0.39, 0.29) is 5.82 Å². The molecule has 0 aliphatic heterocycles. The highest BCUT2D eigenvalue weighted by molar-refractivity contribution is 5.52. The molecule has 2 nitrogen and oxygen atoms in total. The molecule has 4 N–H and O–H groups in total. The fraction of sp³-hybridized carbons (Fsp3) is 0.273. The molecule has 1 aromatic rings. The van der Waals surface area contributed by atoms with Crippen LogP contribution in [0.5, 0.6) is 0 Å². The molecule has 3 heteroatoms. The first-order valence-corrected chi connectivity index (χ1v) is 4.40. The molecule has 1 aromatic carbocycles. The zero-order valence-electron chi connectivity index (χ0n) is 8.10. The SMILES string of the molecule is Cc1c(N)ccc(C#CCCN)c1F. The molecule has 0 amide bonds. The maximum absolute atomic E-state index is 13.5. The predicted octanol–water partition coefficient (Wildman–Crippen LogP) is 1.42. The van der Waals surface area contributed by atoms with E-state index in [0.29, 0.717) is 29.8 Å². The highest BCUT2D eigenvalue weighted by atomic mass is 19.1. The van der Waals surface area contributed by atoms with Gasteiger partial charge < -0.3 is 11.5 Å². The molecule has 0 aliphatic carbocycles. The molecule has 0 spiro atoms. The molecule has 0 saturated heterocycles. The topological polar surface area (TPSA) is 52.0 Å². The fourth-order valence-corrected chi connectivity index (χ4v) is 1.03. The van der Waals surface area contributed by atoms with Crippen LogP contribution < -0.4 is 11.5 Å². The number of hydrogen-bond acceptors (Lipinski definition) is 2. The lowest BCUT2D eigenvalue weighted by molar-refractivity contribution is 0.616. The van der Waals surface area contributed by atoms with Crippen molar-refractivity contribution in [2.75, 3.05) is 12.3 Å². The summed E-state index contributed by atoms with van der Waals surface area (Å²) in [5.74, 6) is 5.17. The van der Waals surface area contributed by atoms with Crippen LogP contribution in [0.1, 0.15) is 17.5 Å². The van der Waals surface area contributed by atoms with Gasteiger partial charge in [0.05, 0.1) is 5.56 Å². The van der Waals surface area contributed by atoms with Crippen LogP contribution in [0.15, 0.2) is 12.1 Å². The third-order valence-electron chi connectivity index (χ3n) is 1.92. The van der Waals surface area contributed by atoms with Gasteiger partial charge in [-0.2, -0.15) is 0 Å². The molecule has 0 saturated carbocycles. The van der Waals surface area contributed by atoms with Crippen molar-refractivity contribution in [2.45, 2.75) is 13.3 Å². The van der Waals surface area contributed by atoms with Crippen LogP contribution in [-0.2, 0) is 0 Å². The average molecular weight is 192 g/mol. The number of halogens is 1. The first kappa shape index (κ1) is 10.6. The summed E-state index contributed by atoms with van der Waals surface area (Å²) in [6.45, 7) is 2.13. The first-order valence-electron chi connectivity index (χ1n) is 4.40. The van der Waals surface area contributed by atoms with E-state index in [1.807, 2.05) is 0 Å². The van der Waals surface area contributed by atoms with Gasteiger partial charge in [0.15, 0.2) is 0 Å². The molecule has 1 rings (SSSR count). The van der Waals surface area contributed by atoms with Gasteiger partial charge in [0, 0.05) is 24.2 Å². The Hall–Kier alpha value is -1.53. The summed E-state index contributed by atoms with van der Waals surface area (Å²) in [4.78, 5) is 0. The summed E-state index contributed by atoms with van der Waals surface area (Å²) in [5.41, 5.74) is 12.1. The lowest BCUT2D eigenvalue weighted by atomic mass is 10.1. The molecule has 0 radical (unpaired) electrons. The largest absolute Gasteiger partial charge is 0.398 e. The molecule has 0 aromatic heterocycles. The van der Waals surface area contributed by atoms with Crippen LogP contribution in [0.3, 0.4) is 0 Å². The number of nitrogen functional groups attached to an aromatic ring is 1. The zero-order chi connectivity index (χ0) is 10.6. The van der Waals surface area contributed by atoms with E-state index >= 15 is 0 Å².